The summed E-state index contributed by atoms with van der Waals surface area (Å²) in [5.74, 6) is -3.83. The average molecular weight is 655 g/mol. The second-order valence-electron chi connectivity index (χ2n) is 11.0. The fourth-order valence-electron chi connectivity index (χ4n) is 5.04. The van der Waals surface area contributed by atoms with Gasteiger partial charge in [0.15, 0.2) is 5.82 Å². The van der Waals surface area contributed by atoms with E-state index in [0.717, 1.165) is 6.07 Å². The van der Waals surface area contributed by atoms with Gasteiger partial charge in [-0.05, 0) is 56.7 Å². The van der Waals surface area contributed by atoms with E-state index in [1.807, 2.05) is 6.07 Å². The second-order valence-corrected chi connectivity index (χ2v) is 11.9. The number of ether oxygens (including phenoxy) is 1. The van der Waals surface area contributed by atoms with E-state index >= 15 is 4.39 Å². The lowest BCUT2D eigenvalue weighted by atomic mass is 9.89. The van der Waals surface area contributed by atoms with Crippen LogP contribution in [0, 0.1) is 24.4 Å². The summed E-state index contributed by atoms with van der Waals surface area (Å²) in [7, 11) is 1.47. The van der Waals surface area contributed by atoms with Gasteiger partial charge in [0.1, 0.15) is 28.6 Å². The van der Waals surface area contributed by atoms with E-state index in [4.69, 9.17) is 27.9 Å². The first-order valence-corrected chi connectivity index (χ1v) is 14.6. The molecule has 0 aliphatic rings. The number of amides is 1. The lowest BCUT2D eigenvalue weighted by Crippen LogP contribution is -2.30. The van der Waals surface area contributed by atoms with Gasteiger partial charge in [-0.1, -0.05) is 53.5 Å². The van der Waals surface area contributed by atoms with Crippen LogP contribution in [0.2, 0.25) is 10.0 Å². The fourth-order valence-corrected chi connectivity index (χ4v) is 5.36. The fraction of sp³-hybridized carbons (Fsp3) is 0.206. The van der Waals surface area contributed by atoms with Gasteiger partial charge in [-0.2, -0.15) is 0 Å². The highest BCUT2D eigenvalue weighted by molar-refractivity contribution is 6.32. The number of halogens is 5. The second kappa shape index (κ2) is 12.7. The summed E-state index contributed by atoms with van der Waals surface area (Å²) in [6.07, 6.45) is 0. The molecule has 1 atom stereocenters. The van der Waals surface area contributed by atoms with Gasteiger partial charge in [0.2, 0.25) is 0 Å². The van der Waals surface area contributed by atoms with Crippen molar-refractivity contribution in [3.63, 3.8) is 0 Å². The Hall–Kier alpha value is -4.18. The number of aryl methyl sites for hydroxylation is 1. The van der Waals surface area contributed by atoms with Crippen molar-refractivity contribution in [1.82, 2.24) is 15.3 Å². The van der Waals surface area contributed by atoms with Gasteiger partial charge in [-0.15, -0.1) is 0 Å². The Bertz CT molecular complexity index is 1930. The lowest BCUT2D eigenvalue weighted by Gasteiger charge is -2.25. The summed E-state index contributed by atoms with van der Waals surface area (Å²) in [6, 6.07) is 16.8. The minimum atomic E-state index is -1.71. The molecule has 0 aliphatic carbocycles. The number of aliphatic hydroxyl groups is 1. The molecule has 2 N–H and O–H groups in total. The van der Waals surface area contributed by atoms with E-state index in [2.05, 4.69) is 15.3 Å². The van der Waals surface area contributed by atoms with Crippen molar-refractivity contribution in [2.24, 2.45) is 0 Å². The summed E-state index contributed by atoms with van der Waals surface area (Å²) in [4.78, 5) is 22.5. The molecule has 0 saturated heterocycles. The third-order valence-electron chi connectivity index (χ3n) is 7.42. The maximum atomic E-state index is 15.9. The molecule has 0 spiro atoms. The quantitative estimate of drug-likeness (QED) is 0.165. The number of carbonyl (C=O) groups excluding carboxylic acids is 1. The van der Waals surface area contributed by atoms with Crippen molar-refractivity contribution in [2.45, 2.75) is 32.3 Å². The van der Waals surface area contributed by atoms with Crippen LogP contribution < -0.4 is 10.1 Å². The number of fused-ring (bicyclic) bond motifs is 1. The van der Waals surface area contributed by atoms with Crippen LogP contribution in [-0.2, 0) is 5.60 Å². The normalized spacial score (nSPS) is 12.3. The maximum absolute atomic E-state index is 15.9. The van der Waals surface area contributed by atoms with Crippen LogP contribution in [0.5, 0.6) is 5.75 Å². The van der Waals surface area contributed by atoms with Crippen LogP contribution in [0.15, 0.2) is 66.7 Å². The minimum absolute atomic E-state index is 0.0217. The number of pyridine rings is 2. The molecule has 3 aromatic carbocycles. The number of hydrogen-bond donors (Lipinski definition) is 2. The van der Waals surface area contributed by atoms with Crippen molar-refractivity contribution < 1.29 is 27.8 Å². The van der Waals surface area contributed by atoms with Crippen molar-refractivity contribution in [2.75, 3.05) is 13.7 Å². The van der Waals surface area contributed by atoms with Gasteiger partial charge in [0.05, 0.1) is 34.1 Å². The van der Waals surface area contributed by atoms with Crippen LogP contribution >= 0.6 is 23.2 Å². The van der Waals surface area contributed by atoms with Crippen LogP contribution in [0.3, 0.4) is 0 Å². The monoisotopic (exact) mass is 653 g/mol. The molecule has 0 saturated carbocycles. The van der Waals surface area contributed by atoms with E-state index in [1.54, 1.807) is 49.4 Å². The molecule has 2 heterocycles. The number of nitrogens with zero attached hydrogens (tertiary/aromatic N) is 2. The number of benzene rings is 3. The summed E-state index contributed by atoms with van der Waals surface area (Å²) >= 11 is 12.2. The Morgan fingerprint density at radius 1 is 0.978 bits per heavy atom. The van der Waals surface area contributed by atoms with Gasteiger partial charge in [-0.3, -0.25) is 4.79 Å². The molecule has 5 aromatic rings. The summed E-state index contributed by atoms with van der Waals surface area (Å²) in [6.45, 7) is 4.50. The topological polar surface area (TPSA) is 84.3 Å². The van der Waals surface area contributed by atoms with Gasteiger partial charge in [0, 0.05) is 40.6 Å². The molecule has 11 heteroatoms. The molecule has 0 radical (unpaired) electrons. The van der Waals surface area contributed by atoms with E-state index in [-0.39, 0.29) is 28.9 Å². The SMILES string of the molecule is COc1cc(C(=O)NC[C@@H](c2ccccc2)c2cc(C(C)(C)O)c(F)c(-c3cc(Cl)c(F)cc3F)n2)cc2cc(Cl)c(C)nc12. The van der Waals surface area contributed by atoms with E-state index in [0.29, 0.717) is 39.0 Å². The summed E-state index contributed by atoms with van der Waals surface area (Å²) in [5.41, 5.74) is -0.367. The molecule has 0 unspecified atom stereocenters. The number of hydrogen-bond acceptors (Lipinski definition) is 5. The molecular weight excluding hydrogens is 626 g/mol. The molecular formula is C34H28Cl2F3N3O3. The third-order valence-corrected chi connectivity index (χ3v) is 8.09. The number of aromatic nitrogens is 2. The first-order chi connectivity index (χ1) is 21.3. The van der Waals surface area contributed by atoms with E-state index in [1.165, 1.54) is 27.0 Å². The molecule has 1 amide bonds. The van der Waals surface area contributed by atoms with Gasteiger partial charge in [0.25, 0.3) is 5.91 Å². The van der Waals surface area contributed by atoms with Gasteiger partial charge >= 0.3 is 0 Å². The highest BCUT2D eigenvalue weighted by Crippen LogP contribution is 2.36. The smallest absolute Gasteiger partial charge is 0.251 e. The highest BCUT2D eigenvalue weighted by atomic mass is 35.5. The number of nitrogens with one attached hydrogen (secondary N) is 1. The Morgan fingerprint density at radius 3 is 2.36 bits per heavy atom. The molecule has 5 rings (SSSR count). The van der Waals surface area contributed by atoms with Crippen molar-refractivity contribution in [1.29, 1.82) is 0 Å². The Labute approximate surface area is 267 Å². The van der Waals surface area contributed by atoms with Gasteiger partial charge in [-0.25, -0.2) is 23.1 Å². The molecule has 2 aromatic heterocycles. The molecule has 0 bridgehead atoms. The first kappa shape index (κ1) is 32.2. The largest absolute Gasteiger partial charge is 0.494 e. The zero-order valence-corrected chi connectivity index (χ0v) is 26.2. The third kappa shape index (κ3) is 6.61. The summed E-state index contributed by atoms with van der Waals surface area (Å²) in [5, 5.41) is 14.4. The number of carbonyl (C=O) groups is 1. The van der Waals surface area contributed by atoms with Crippen molar-refractivity contribution in [3.05, 3.63) is 122 Å². The van der Waals surface area contributed by atoms with Crippen molar-refractivity contribution in [3.8, 4) is 17.0 Å². The Kier molecular flexibility index (Phi) is 9.07. The van der Waals surface area contributed by atoms with Crippen LogP contribution in [-0.4, -0.2) is 34.6 Å². The highest BCUT2D eigenvalue weighted by Gasteiger charge is 2.29. The molecule has 45 heavy (non-hydrogen) atoms. The van der Waals surface area contributed by atoms with Crippen LogP contribution in [0.25, 0.3) is 22.2 Å². The number of methoxy groups -OCH3 is 1. The lowest BCUT2D eigenvalue weighted by molar-refractivity contribution is 0.0743. The van der Waals surface area contributed by atoms with E-state index < -0.39 is 45.6 Å². The Morgan fingerprint density at radius 2 is 1.69 bits per heavy atom. The molecule has 232 valence electrons. The minimum Gasteiger partial charge on any atom is -0.494 e. The maximum Gasteiger partial charge on any atom is 0.251 e. The standard InChI is InChI=1S/C34H28Cl2F3N3O3/c1-17-24(35)11-19-10-20(12-29(45-4)31(19)41-17)33(43)40-16-22(18-8-6-5-7-9-18)28-14-23(34(2,3)44)30(39)32(42-28)21-13-25(36)27(38)15-26(21)37/h5-15,22,44H,16H2,1-4H3,(H,40,43)/t22-/m0/s1. The van der Waals surface area contributed by atoms with Gasteiger partial charge < -0.3 is 15.2 Å². The predicted octanol–water partition coefficient (Wildman–Crippen LogP) is 8.13. The number of rotatable bonds is 8. The zero-order chi connectivity index (χ0) is 32.6. The zero-order valence-electron chi connectivity index (χ0n) is 24.7. The molecule has 0 aliphatic heterocycles. The van der Waals surface area contributed by atoms with Crippen LogP contribution in [0.4, 0.5) is 13.2 Å². The summed E-state index contributed by atoms with van der Waals surface area (Å²) < 4.78 is 50.3. The average Bonchev–Trinajstić information content (AvgIpc) is 2.99. The van der Waals surface area contributed by atoms with Crippen LogP contribution in [0.1, 0.15) is 52.6 Å². The molecule has 0 fully saturated rings. The first-order valence-electron chi connectivity index (χ1n) is 13.8. The Balaban J connectivity index is 1.59. The van der Waals surface area contributed by atoms with E-state index in [9.17, 15) is 18.7 Å². The molecule has 6 nitrogen and oxygen atoms in total. The predicted molar refractivity (Wildman–Crippen MR) is 168 cm³/mol. The van der Waals surface area contributed by atoms with Crippen molar-refractivity contribution >= 4 is 40.0 Å².